The van der Waals surface area contributed by atoms with Crippen LogP contribution in [0.5, 0.6) is 5.75 Å². The van der Waals surface area contributed by atoms with Gasteiger partial charge in [0, 0.05) is 11.3 Å². The Morgan fingerprint density at radius 2 is 1.97 bits per heavy atom. The molecule has 0 saturated carbocycles. The molecule has 10 heteroatoms. The third-order valence-electron chi connectivity index (χ3n) is 4.28. The summed E-state index contributed by atoms with van der Waals surface area (Å²) in [7, 11) is 0. The molecule has 1 fully saturated rings. The van der Waals surface area contributed by atoms with Crippen LogP contribution in [-0.2, 0) is 9.59 Å². The fourth-order valence-electron chi connectivity index (χ4n) is 2.70. The molecule has 3 N–H and O–H groups in total. The van der Waals surface area contributed by atoms with Gasteiger partial charge in [0.25, 0.3) is 5.91 Å². The Kier molecular flexibility index (Phi) is 6.18. The number of carboxylic acids is 1. The van der Waals surface area contributed by atoms with Crippen LogP contribution in [0.2, 0.25) is 0 Å². The van der Waals surface area contributed by atoms with E-state index < -0.39 is 35.4 Å². The second-order valence-electron chi connectivity index (χ2n) is 6.28. The summed E-state index contributed by atoms with van der Waals surface area (Å²) in [4.78, 5) is 37.8. The molecule has 2 amide bonds. The third-order valence-corrected chi connectivity index (χ3v) is 5.61. The Bertz CT molecular complexity index is 1100. The lowest BCUT2D eigenvalue weighted by Crippen LogP contribution is -2.44. The minimum atomic E-state index is -1.35. The van der Waals surface area contributed by atoms with Crippen LogP contribution < -0.4 is 5.32 Å². The Morgan fingerprint density at radius 3 is 2.63 bits per heavy atom. The van der Waals surface area contributed by atoms with E-state index in [-0.39, 0.29) is 26.0 Å². The normalized spacial score (nSPS) is 16.1. The fraction of sp³-hybridized carbons (Fsp3) is 0.100. The molecule has 0 bridgehead atoms. The van der Waals surface area contributed by atoms with Gasteiger partial charge in [0.05, 0.1) is 4.91 Å². The number of amides is 2. The van der Waals surface area contributed by atoms with E-state index in [1.54, 1.807) is 6.07 Å². The number of anilines is 1. The number of halogens is 1. The predicted molar refractivity (Wildman–Crippen MR) is 115 cm³/mol. The van der Waals surface area contributed by atoms with Gasteiger partial charge >= 0.3 is 5.97 Å². The van der Waals surface area contributed by atoms with E-state index in [4.69, 9.17) is 17.3 Å². The molecule has 30 heavy (non-hydrogen) atoms. The maximum atomic E-state index is 13.9. The molecule has 1 aliphatic rings. The number of phenols is 1. The van der Waals surface area contributed by atoms with Crippen LogP contribution in [0.3, 0.4) is 0 Å². The first-order valence-electron chi connectivity index (χ1n) is 8.58. The van der Waals surface area contributed by atoms with Gasteiger partial charge in [-0.2, -0.15) is 0 Å². The molecule has 154 valence electrons. The largest absolute Gasteiger partial charge is 0.507 e. The summed E-state index contributed by atoms with van der Waals surface area (Å²) in [5.74, 6) is -3.43. The van der Waals surface area contributed by atoms with Gasteiger partial charge in [0.2, 0.25) is 5.91 Å². The average Bonchev–Trinajstić information content (AvgIpc) is 2.97. The first-order valence-corrected chi connectivity index (χ1v) is 9.80. The number of benzene rings is 2. The second-order valence-corrected chi connectivity index (χ2v) is 7.95. The maximum Gasteiger partial charge on any atom is 0.339 e. The van der Waals surface area contributed by atoms with Gasteiger partial charge in [-0.05, 0) is 37.3 Å². The Balaban J connectivity index is 1.79. The first kappa shape index (κ1) is 21.5. The van der Waals surface area contributed by atoms with Crippen LogP contribution in [0.15, 0.2) is 47.4 Å². The van der Waals surface area contributed by atoms with Crippen molar-refractivity contribution in [1.82, 2.24) is 4.90 Å². The van der Waals surface area contributed by atoms with Crippen LogP contribution in [0, 0.1) is 5.82 Å². The van der Waals surface area contributed by atoms with Gasteiger partial charge in [0.15, 0.2) is 0 Å². The zero-order valence-corrected chi connectivity index (χ0v) is 17.1. The zero-order valence-electron chi connectivity index (χ0n) is 15.5. The molecule has 0 aromatic heterocycles. The van der Waals surface area contributed by atoms with Gasteiger partial charge in [-0.1, -0.05) is 42.2 Å². The number of thioether (sulfide) groups is 1. The lowest BCUT2D eigenvalue weighted by atomic mass is 10.1. The highest BCUT2D eigenvalue weighted by Crippen LogP contribution is 2.34. The number of thiocarbonyl (C=S) groups is 1. The van der Waals surface area contributed by atoms with E-state index >= 15 is 0 Å². The van der Waals surface area contributed by atoms with Crippen LogP contribution in [0.1, 0.15) is 22.8 Å². The molecular formula is C20H15FN2O5S2. The lowest BCUT2D eigenvalue weighted by Gasteiger charge is -2.22. The number of carbonyl (C=O) groups excluding carboxylic acids is 2. The minimum absolute atomic E-state index is 0.134. The zero-order chi connectivity index (χ0) is 22.0. The third kappa shape index (κ3) is 4.34. The summed E-state index contributed by atoms with van der Waals surface area (Å²) in [5.41, 5.74) is -0.0197. The Labute approximate surface area is 180 Å². The van der Waals surface area contributed by atoms with Crippen molar-refractivity contribution in [3.05, 3.63) is 64.3 Å². The molecule has 0 aliphatic carbocycles. The molecule has 1 saturated heterocycles. The summed E-state index contributed by atoms with van der Waals surface area (Å²) >= 11 is 6.18. The second kappa shape index (κ2) is 8.64. The van der Waals surface area contributed by atoms with Gasteiger partial charge in [-0.3, -0.25) is 14.5 Å². The van der Waals surface area contributed by atoms with Crippen molar-refractivity contribution in [2.75, 3.05) is 5.32 Å². The van der Waals surface area contributed by atoms with E-state index in [0.29, 0.717) is 0 Å². The van der Waals surface area contributed by atoms with E-state index in [0.717, 1.165) is 28.8 Å². The summed E-state index contributed by atoms with van der Waals surface area (Å²) < 4.78 is 14.0. The number of aromatic carboxylic acids is 1. The van der Waals surface area contributed by atoms with Crippen molar-refractivity contribution in [2.45, 2.75) is 13.0 Å². The molecule has 2 aromatic carbocycles. The number of nitrogens with zero attached hydrogens (tertiary/aromatic N) is 1. The highest BCUT2D eigenvalue weighted by molar-refractivity contribution is 8.26. The molecule has 0 radical (unpaired) electrons. The van der Waals surface area contributed by atoms with Crippen molar-refractivity contribution < 1.29 is 29.0 Å². The maximum absolute atomic E-state index is 13.9. The number of hydrogen-bond donors (Lipinski definition) is 3. The number of carboxylic acid groups (broad SMARTS) is 1. The predicted octanol–water partition coefficient (Wildman–Crippen LogP) is 3.46. The average molecular weight is 446 g/mol. The molecule has 7 nitrogen and oxygen atoms in total. The standard InChI is InChI=1S/C20H15FN2O5S2/c1-10(17(25)22-12-6-7-15(24)13(9-12)19(27)28)23-18(26)16(30-20(23)29)8-11-4-2-3-5-14(11)21/h2-10,24H,1H3,(H,22,25)(H,27,28)/b16-8-/t10-/m0/s1. The van der Waals surface area contributed by atoms with E-state index in [1.165, 1.54) is 37.3 Å². The number of nitrogens with one attached hydrogen (secondary N) is 1. The number of rotatable bonds is 5. The van der Waals surface area contributed by atoms with Gasteiger partial charge < -0.3 is 15.5 Å². The molecule has 1 atom stereocenters. The fourth-order valence-corrected chi connectivity index (χ4v) is 4.11. The van der Waals surface area contributed by atoms with Crippen LogP contribution in [-0.4, -0.2) is 43.3 Å². The topological polar surface area (TPSA) is 107 Å². The van der Waals surface area contributed by atoms with E-state index in [9.17, 15) is 23.9 Å². The molecule has 1 heterocycles. The lowest BCUT2D eigenvalue weighted by molar-refractivity contribution is -0.129. The summed E-state index contributed by atoms with van der Waals surface area (Å²) in [6.45, 7) is 1.46. The number of carbonyl (C=O) groups is 3. The van der Waals surface area contributed by atoms with E-state index in [1.807, 2.05) is 0 Å². The molecule has 2 aromatic rings. The molecular weight excluding hydrogens is 431 g/mol. The van der Waals surface area contributed by atoms with Gasteiger partial charge in [-0.15, -0.1) is 0 Å². The van der Waals surface area contributed by atoms with Crippen molar-refractivity contribution in [1.29, 1.82) is 0 Å². The van der Waals surface area contributed by atoms with Crippen molar-refractivity contribution in [3.63, 3.8) is 0 Å². The van der Waals surface area contributed by atoms with Gasteiger partial charge in [0.1, 0.15) is 27.5 Å². The van der Waals surface area contributed by atoms with Crippen molar-refractivity contribution >= 4 is 57.8 Å². The van der Waals surface area contributed by atoms with Gasteiger partial charge in [-0.25, -0.2) is 9.18 Å². The van der Waals surface area contributed by atoms with Crippen molar-refractivity contribution in [2.24, 2.45) is 0 Å². The van der Waals surface area contributed by atoms with E-state index in [2.05, 4.69) is 5.32 Å². The highest BCUT2D eigenvalue weighted by Gasteiger charge is 2.38. The molecule has 0 unspecified atom stereocenters. The number of hydrogen-bond acceptors (Lipinski definition) is 6. The quantitative estimate of drug-likeness (QED) is 0.367. The number of aromatic hydroxyl groups is 1. The summed E-state index contributed by atoms with van der Waals surface area (Å²) in [6, 6.07) is 8.51. The highest BCUT2D eigenvalue weighted by atomic mass is 32.2. The molecule has 3 rings (SSSR count). The molecule has 1 aliphatic heterocycles. The van der Waals surface area contributed by atoms with Crippen molar-refractivity contribution in [3.8, 4) is 5.75 Å². The SMILES string of the molecule is C[C@@H](C(=O)Nc1ccc(O)c(C(=O)O)c1)N1C(=O)/C(=C/c2ccccc2F)SC1=S. The monoisotopic (exact) mass is 446 g/mol. The first-order chi connectivity index (χ1) is 14.2. The molecule has 0 spiro atoms. The minimum Gasteiger partial charge on any atom is -0.507 e. The Hall–Kier alpha value is -3.24. The van der Waals surface area contributed by atoms with Crippen LogP contribution in [0.4, 0.5) is 10.1 Å². The summed E-state index contributed by atoms with van der Waals surface area (Å²) in [6.07, 6.45) is 1.37. The Morgan fingerprint density at radius 1 is 1.27 bits per heavy atom. The van der Waals surface area contributed by atoms with Crippen LogP contribution in [0.25, 0.3) is 6.08 Å². The van der Waals surface area contributed by atoms with Crippen LogP contribution >= 0.6 is 24.0 Å². The summed E-state index contributed by atoms with van der Waals surface area (Å²) in [5, 5.41) is 21.1. The smallest absolute Gasteiger partial charge is 0.339 e.